The van der Waals surface area contributed by atoms with E-state index in [1.54, 1.807) is 0 Å². The molecule has 21 heavy (non-hydrogen) atoms. The standard InChI is InChI=1S/C17H27N3O/c1-13(2)14-6-7-15(18-12-14)19-8-10-20(11-9-19)16(21)17(3,4)5/h6-7,12-13H,8-11H2,1-5H3. The lowest BCUT2D eigenvalue weighted by atomic mass is 9.94. The first-order valence-corrected chi connectivity index (χ1v) is 7.79. The number of amides is 1. The highest BCUT2D eigenvalue weighted by atomic mass is 16.2. The minimum atomic E-state index is -0.292. The second-order valence-electron chi connectivity index (χ2n) is 7.13. The lowest BCUT2D eigenvalue weighted by molar-refractivity contribution is -0.139. The van der Waals surface area contributed by atoms with Gasteiger partial charge in [0.2, 0.25) is 5.91 Å². The van der Waals surface area contributed by atoms with Crippen molar-refractivity contribution in [3.8, 4) is 0 Å². The van der Waals surface area contributed by atoms with Crippen molar-refractivity contribution in [3.63, 3.8) is 0 Å². The van der Waals surface area contributed by atoms with Crippen LogP contribution in [0, 0.1) is 5.41 Å². The average Bonchev–Trinajstić information content (AvgIpc) is 2.46. The van der Waals surface area contributed by atoms with Crippen molar-refractivity contribution in [2.24, 2.45) is 5.41 Å². The Bertz CT molecular complexity index is 480. The van der Waals surface area contributed by atoms with E-state index in [2.05, 4.69) is 35.9 Å². The normalized spacial score (nSPS) is 16.5. The first-order valence-electron chi connectivity index (χ1n) is 7.79. The Kier molecular flexibility index (Phi) is 4.55. The van der Waals surface area contributed by atoms with E-state index >= 15 is 0 Å². The van der Waals surface area contributed by atoms with Crippen LogP contribution in [0.4, 0.5) is 5.82 Å². The van der Waals surface area contributed by atoms with Gasteiger partial charge < -0.3 is 9.80 Å². The summed E-state index contributed by atoms with van der Waals surface area (Å²) in [6.07, 6.45) is 1.96. The van der Waals surface area contributed by atoms with Gasteiger partial charge in [-0.15, -0.1) is 0 Å². The molecule has 0 atom stereocenters. The fourth-order valence-electron chi connectivity index (χ4n) is 2.54. The van der Waals surface area contributed by atoms with Crippen molar-refractivity contribution >= 4 is 11.7 Å². The third kappa shape index (κ3) is 3.74. The Labute approximate surface area is 128 Å². The van der Waals surface area contributed by atoms with Crippen LogP contribution >= 0.6 is 0 Å². The molecule has 1 aromatic heterocycles. The molecule has 0 saturated carbocycles. The van der Waals surface area contributed by atoms with Gasteiger partial charge in [0.25, 0.3) is 0 Å². The number of carbonyl (C=O) groups excluding carboxylic acids is 1. The summed E-state index contributed by atoms with van der Waals surface area (Å²) in [7, 11) is 0. The topological polar surface area (TPSA) is 36.4 Å². The van der Waals surface area contributed by atoms with Gasteiger partial charge in [-0.25, -0.2) is 4.98 Å². The third-order valence-electron chi connectivity index (χ3n) is 3.97. The monoisotopic (exact) mass is 289 g/mol. The molecule has 4 nitrogen and oxygen atoms in total. The molecule has 2 rings (SSSR count). The summed E-state index contributed by atoms with van der Waals surface area (Å²) >= 11 is 0. The Hall–Kier alpha value is -1.58. The van der Waals surface area contributed by atoms with Crippen molar-refractivity contribution in [2.45, 2.75) is 40.5 Å². The van der Waals surface area contributed by atoms with Crippen LogP contribution in [0.15, 0.2) is 18.3 Å². The predicted molar refractivity (Wildman–Crippen MR) is 86.6 cm³/mol. The molecule has 116 valence electrons. The van der Waals surface area contributed by atoms with Crippen molar-refractivity contribution in [2.75, 3.05) is 31.1 Å². The van der Waals surface area contributed by atoms with E-state index in [4.69, 9.17) is 0 Å². The van der Waals surface area contributed by atoms with Gasteiger partial charge in [-0.05, 0) is 17.5 Å². The zero-order chi connectivity index (χ0) is 15.6. The molecule has 1 amide bonds. The van der Waals surface area contributed by atoms with Crippen molar-refractivity contribution in [1.29, 1.82) is 0 Å². The van der Waals surface area contributed by atoms with E-state index in [9.17, 15) is 4.79 Å². The van der Waals surface area contributed by atoms with Crippen LogP contribution < -0.4 is 4.90 Å². The number of anilines is 1. The van der Waals surface area contributed by atoms with Crippen LogP contribution in [0.5, 0.6) is 0 Å². The number of piperazine rings is 1. The Morgan fingerprint density at radius 2 is 1.76 bits per heavy atom. The van der Waals surface area contributed by atoms with Crippen molar-refractivity contribution in [3.05, 3.63) is 23.9 Å². The lowest BCUT2D eigenvalue weighted by Crippen LogP contribution is -2.51. The quantitative estimate of drug-likeness (QED) is 0.840. The number of hydrogen-bond donors (Lipinski definition) is 0. The molecule has 0 spiro atoms. The van der Waals surface area contributed by atoms with Gasteiger partial charge in [-0.1, -0.05) is 40.7 Å². The van der Waals surface area contributed by atoms with Gasteiger partial charge in [0.1, 0.15) is 5.82 Å². The first-order chi connectivity index (χ1) is 9.79. The summed E-state index contributed by atoms with van der Waals surface area (Å²) in [4.78, 5) is 21.1. The third-order valence-corrected chi connectivity index (χ3v) is 3.97. The van der Waals surface area contributed by atoms with Gasteiger partial charge in [-0.2, -0.15) is 0 Å². The molecular formula is C17H27N3O. The van der Waals surface area contributed by atoms with Crippen LogP contribution in [-0.2, 0) is 4.79 Å². The predicted octanol–water partition coefficient (Wildman–Crippen LogP) is 2.90. The van der Waals surface area contributed by atoms with Gasteiger partial charge >= 0.3 is 0 Å². The number of nitrogens with zero attached hydrogens (tertiary/aromatic N) is 3. The maximum absolute atomic E-state index is 12.3. The van der Waals surface area contributed by atoms with Crippen LogP contribution in [0.1, 0.15) is 46.1 Å². The van der Waals surface area contributed by atoms with E-state index in [1.165, 1.54) is 5.56 Å². The maximum Gasteiger partial charge on any atom is 0.228 e. The molecule has 1 saturated heterocycles. The second-order valence-corrected chi connectivity index (χ2v) is 7.13. The highest BCUT2D eigenvalue weighted by Crippen LogP contribution is 2.21. The number of rotatable bonds is 2. The molecule has 4 heteroatoms. The molecular weight excluding hydrogens is 262 g/mol. The summed E-state index contributed by atoms with van der Waals surface area (Å²) in [5.41, 5.74) is 0.972. The van der Waals surface area contributed by atoms with Crippen LogP contribution in [0.25, 0.3) is 0 Å². The maximum atomic E-state index is 12.3. The van der Waals surface area contributed by atoms with E-state index in [0.717, 1.165) is 32.0 Å². The fraction of sp³-hybridized carbons (Fsp3) is 0.647. The molecule has 0 radical (unpaired) electrons. The Balaban J connectivity index is 1.96. The molecule has 1 aromatic rings. The molecule has 2 heterocycles. The van der Waals surface area contributed by atoms with E-state index in [1.807, 2.05) is 31.9 Å². The highest BCUT2D eigenvalue weighted by Gasteiger charge is 2.29. The molecule has 0 unspecified atom stereocenters. The zero-order valence-electron chi connectivity index (χ0n) is 13.9. The first kappa shape index (κ1) is 15.8. The molecule has 1 fully saturated rings. The highest BCUT2D eigenvalue weighted by molar-refractivity contribution is 5.81. The minimum Gasteiger partial charge on any atom is -0.353 e. The molecule has 0 bridgehead atoms. The van der Waals surface area contributed by atoms with E-state index < -0.39 is 0 Å². The summed E-state index contributed by atoms with van der Waals surface area (Å²) in [5.74, 6) is 1.76. The van der Waals surface area contributed by atoms with E-state index in [0.29, 0.717) is 5.92 Å². The number of hydrogen-bond acceptors (Lipinski definition) is 3. The Morgan fingerprint density at radius 1 is 1.14 bits per heavy atom. The average molecular weight is 289 g/mol. The summed E-state index contributed by atoms with van der Waals surface area (Å²) < 4.78 is 0. The SMILES string of the molecule is CC(C)c1ccc(N2CCN(C(=O)C(C)(C)C)CC2)nc1. The zero-order valence-corrected chi connectivity index (χ0v) is 13.9. The van der Waals surface area contributed by atoms with Crippen molar-refractivity contribution < 1.29 is 4.79 Å². The van der Waals surface area contributed by atoms with Gasteiger partial charge in [0, 0.05) is 37.8 Å². The lowest BCUT2D eigenvalue weighted by Gasteiger charge is -2.38. The number of aromatic nitrogens is 1. The Morgan fingerprint density at radius 3 is 2.19 bits per heavy atom. The van der Waals surface area contributed by atoms with Crippen LogP contribution in [0.3, 0.4) is 0 Å². The minimum absolute atomic E-state index is 0.241. The van der Waals surface area contributed by atoms with E-state index in [-0.39, 0.29) is 11.3 Å². The smallest absolute Gasteiger partial charge is 0.228 e. The number of pyridine rings is 1. The van der Waals surface area contributed by atoms with Crippen molar-refractivity contribution in [1.82, 2.24) is 9.88 Å². The summed E-state index contributed by atoms with van der Waals surface area (Å²) in [5, 5.41) is 0. The molecule has 1 aliphatic heterocycles. The summed E-state index contributed by atoms with van der Waals surface area (Å²) in [6.45, 7) is 13.6. The summed E-state index contributed by atoms with van der Waals surface area (Å²) in [6, 6.07) is 4.25. The number of carbonyl (C=O) groups is 1. The largest absolute Gasteiger partial charge is 0.353 e. The molecule has 0 N–H and O–H groups in total. The second kappa shape index (κ2) is 6.04. The van der Waals surface area contributed by atoms with Crippen LogP contribution in [-0.4, -0.2) is 42.0 Å². The fourth-order valence-corrected chi connectivity index (χ4v) is 2.54. The molecule has 1 aliphatic rings. The van der Waals surface area contributed by atoms with Gasteiger partial charge in [-0.3, -0.25) is 4.79 Å². The molecule has 0 aliphatic carbocycles. The molecule has 0 aromatic carbocycles. The van der Waals surface area contributed by atoms with Gasteiger partial charge in [0.05, 0.1) is 0 Å². The van der Waals surface area contributed by atoms with Gasteiger partial charge in [0.15, 0.2) is 0 Å². The van der Waals surface area contributed by atoms with Crippen LogP contribution in [0.2, 0.25) is 0 Å².